The fourth-order valence-electron chi connectivity index (χ4n) is 2.34. The fourth-order valence-corrected chi connectivity index (χ4v) is 2.34. The van der Waals surface area contributed by atoms with Gasteiger partial charge in [-0.05, 0) is 51.3 Å². The zero-order valence-electron chi connectivity index (χ0n) is 14.9. The van der Waals surface area contributed by atoms with Crippen LogP contribution in [0.4, 0.5) is 29.0 Å². The van der Waals surface area contributed by atoms with Crippen molar-refractivity contribution >= 4 is 29.0 Å². The molecule has 0 bridgehead atoms. The molecule has 0 aliphatic rings. The molecule has 0 aliphatic carbocycles. The topological polar surface area (TPSA) is 140 Å². The van der Waals surface area contributed by atoms with E-state index in [-0.39, 0.29) is 17.5 Å². The zero-order valence-corrected chi connectivity index (χ0v) is 14.9. The molecule has 11 nitrogen and oxygen atoms in total. The molecular weight excluding hydrogens is 366 g/mol. The van der Waals surface area contributed by atoms with Gasteiger partial charge in [0.05, 0.1) is 4.92 Å². The second-order valence-corrected chi connectivity index (χ2v) is 5.91. The summed E-state index contributed by atoms with van der Waals surface area (Å²) in [5.74, 6) is -0.509. The lowest BCUT2D eigenvalue weighted by Crippen LogP contribution is -2.08. The number of hydrogen-bond donors (Lipinski definition) is 1. The van der Waals surface area contributed by atoms with Crippen molar-refractivity contribution in [3.8, 4) is 11.4 Å². The number of anilines is 3. The maximum atomic E-state index is 11.2. The molecule has 0 unspecified atom stereocenters. The van der Waals surface area contributed by atoms with Gasteiger partial charge in [0.2, 0.25) is 5.82 Å². The highest BCUT2D eigenvalue weighted by molar-refractivity contribution is 5.63. The van der Waals surface area contributed by atoms with Gasteiger partial charge in [-0.1, -0.05) is 0 Å². The van der Waals surface area contributed by atoms with E-state index in [1.54, 1.807) is 12.1 Å². The van der Waals surface area contributed by atoms with E-state index in [0.717, 1.165) is 5.69 Å². The number of nitrogens with zero attached hydrogens (tertiary/aromatic N) is 6. The Morgan fingerprint density at radius 2 is 1.50 bits per heavy atom. The maximum Gasteiger partial charge on any atom is 0.474 e. The summed E-state index contributed by atoms with van der Waals surface area (Å²) in [4.78, 5) is 34.5. The van der Waals surface area contributed by atoms with Crippen molar-refractivity contribution in [1.29, 1.82) is 0 Å². The van der Waals surface area contributed by atoms with Crippen molar-refractivity contribution in [3.63, 3.8) is 0 Å². The maximum absolute atomic E-state index is 11.2. The molecule has 0 saturated heterocycles. The predicted octanol–water partition coefficient (Wildman–Crippen LogP) is 3.16. The predicted molar refractivity (Wildman–Crippen MR) is 103 cm³/mol. The lowest BCUT2D eigenvalue weighted by Gasteiger charge is -2.12. The summed E-state index contributed by atoms with van der Waals surface area (Å²) in [6.45, 7) is 0. The van der Waals surface area contributed by atoms with Gasteiger partial charge in [0, 0.05) is 43.2 Å². The number of nitro benzene ring substituents is 1. The normalized spacial score (nSPS) is 10.4. The van der Waals surface area contributed by atoms with Gasteiger partial charge in [-0.3, -0.25) is 10.1 Å². The highest BCUT2D eigenvalue weighted by atomic mass is 16.6. The number of nitro groups is 2. The first-order valence-corrected chi connectivity index (χ1v) is 8.03. The van der Waals surface area contributed by atoms with Gasteiger partial charge >= 0.3 is 11.9 Å². The lowest BCUT2D eigenvalue weighted by atomic mass is 10.2. The largest absolute Gasteiger partial charge is 0.474 e. The van der Waals surface area contributed by atoms with Crippen molar-refractivity contribution < 1.29 is 9.85 Å². The van der Waals surface area contributed by atoms with Gasteiger partial charge in [-0.2, -0.15) is 4.98 Å². The standard InChI is InChI=1S/C17H15N7O4/c1-22(2)13-7-3-11(4-8-13)15-19-16(21-17(20-15)24(27)28)18-12-5-9-14(10-6-12)23(25)26/h3-10H,1-2H3,(H,18,19,20,21). The van der Waals surface area contributed by atoms with Crippen LogP contribution in [0.25, 0.3) is 11.4 Å². The molecule has 2 aromatic carbocycles. The third kappa shape index (κ3) is 4.15. The van der Waals surface area contributed by atoms with Gasteiger partial charge in [0.25, 0.3) is 5.69 Å². The first-order chi connectivity index (χ1) is 13.3. The summed E-state index contributed by atoms with van der Waals surface area (Å²) in [7, 11) is 3.80. The molecule has 1 aromatic heterocycles. The van der Waals surface area contributed by atoms with Crippen LogP contribution >= 0.6 is 0 Å². The number of hydrogen-bond acceptors (Lipinski definition) is 9. The third-order valence-corrected chi connectivity index (χ3v) is 3.76. The van der Waals surface area contributed by atoms with E-state index < -0.39 is 15.8 Å². The van der Waals surface area contributed by atoms with Crippen LogP contribution < -0.4 is 10.2 Å². The highest BCUT2D eigenvalue weighted by Gasteiger charge is 2.19. The lowest BCUT2D eigenvalue weighted by molar-refractivity contribution is -0.394. The minimum Gasteiger partial charge on any atom is -0.390 e. The second-order valence-electron chi connectivity index (χ2n) is 5.91. The molecule has 0 atom stereocenters. The quantitative estimate of drug-likeness (QED) is 0.503. The van der Waals surface area contributed by atoms with Gasteiger partial charge in [-0.15, -0.1) is 0 Å². The van der Waals surface area contributed by atoms with E-state index in [0.29, 0.717) is 11.3 Å². The molecule has 0 amide bonds. The molecule has 142 valence electrons. The van der Waals surface area contributed by atoms with Crippen molar-refractivity contribution in [2.75, 3.05) is 24.3 Å². The smallest absolute Gasteiger partial charge is 0.390 e. The Balaban J connectivity index is 1.95. The molecule has 1 N–H and O–H groups in total. The Morgan fingerprint density at radius 1 is 0.857 bits per heavy atom. The molecule has 0 aliphatic heterocycles. The van der Waals surface area contributed by atoms with E-state index in [4.69, 9.17) is 0 Å². The van der Waals surface area contributed by atoms with Crippen LogP contribution in [0, 0.1) is 20.2 Å². The van der Waals surface area contributed by atoms with Gasteiger partial charge < -0.3 is 20.3 Å². The summed E-state index contributed by atoms with van der Waals surface area (Å²) in [5.41, 5.74) is 1.91. The number of aromatic nitrogens is 3. The Kier molecular flexibility index (Phi) is 5.07. The summed E-state index contributed by atoms with van der Waals surface area (Å²) in [6, 6.07) is 12.7. The number of nitrogens with one attached hydrogen (secondary N) is 1. The highest BCUT2D eigenvalue weighted by Crippen LogP contribution is 2.24. The summed E-state index contributed by atoms with van der Waals surface area (Å²) >= 11 is 0. The van der Waals surface area contributed by atoms with Gasteiger partial charge in [0.1, 0.15) is 0 Å². The van der Waals surface area contributed by atoms with E-state index in [2.05, 4.69) is 20.3 Å². The molecule has 0 saturated carbocycles. The van der Waals surface area contributed by atoms with Crippen LogP contribution in [0.1, 0.15) is 0 Å². The fraction of sp³-hybridized carbons (Fsp3) is 0.118. The monoisotopic (exact) mass is 381 g/mol. The minimum absolute atomic E-state index is 0.0396. The first-order valence-electron chi connectivity index (χ1n) is 8.03. The van der Waals surface area contributed by atoms with Crippen LogP contribution in [-0.4, -0.2) is 38.9 Å². The van der Waals surface area contributed by atoms with Crippen molar-refractivity contribution in [2.24, 2.45) is 0 Å². The molecule has 3 rings (SSSR count). The number of benzene rings is 2. The average molecular weight is 381 g/mol. The first kappa shape index (κ1) is 18.6. The van der Waals surface area contributed by atoms with Crippen molar-refractivity contribution in [1.82, 2.24) is 15.0 Å². The van der Waals surface area contributed by atoms with Gasteiger partial charge in [-0.25, -0.2) is 0 Å². The Hall–Kier alpha value is -4.15. The number of rotatable bonds is 6. The van der Waals surface area contributed by atoms with Crippen LogP contribution in [0.3, 0.4) is 0 Å². The molecule has 28 heavy (non-hydrogen) atoms. The zero-order chi connectivity index (χ0) is 20.3. The molecule has 0 fully saturated rings. The van der Waals surface area contributed by atoms with E-state index >= 15 is 0 Å². The van der Waals surface area contributed by atoms with Crippen molar-refractivity contribution in [2.45, 2.75) is 0 Å². The summed E-state index contributed by atoms with van der Waals surface area (Å²) in [5, 5.41) is 24.7. The third-order valence-electron chi connectivity index (χ3n) is 3.76. The molecule has 3 aromatic rings. The second kappa shape index (κ2) is 7.61. The molecule has 0 spiro atoms. The van der Waals surface area contributed by atoms with E-state index in [1.807, 2.05) is 31.1 Å². The average Bonchev–Trinajstić information content (AvgIpc) is 2.68. The van der Waals surface area contributed by atoms with Crippen LogP contribution in [0.2, 0.25) is 0 Å². The van der Waals surface area contributed by atoms with Gasteiger partial charge in [0.15, 0.2) is 0 Å². The SMILES string of the molecule is CN(C)c1ccc(-c2nc(Nc3ccc([N+](=O)[O-])cc3)nc([N+](=O)[O-])n2)cc1. The van der Waals surface area contributed by atoms with Crippen LogP contribution in [0.15, 0.2) is 48.5 Å². The van der Waals surface area contributed by atoms with Crippen LogP contribution in [-0.2, 0) is 0 Å². The Morgan fingerprint density at radius 3 is 2.04 bits per heavy atom. The molecule has 0 radical (unpaired) electrons. The Bertz CT molecular complexity index is 1020. The van der Waals surface area contributed by atoms with E-state index in [1.165, 1.54) is 24.3 Å². The van der Waals surface area contributed by atoms with Crippen molar-refractivity contribution in [3.05, 3.63) is 68.8 Å². The molecule has 1 heterocycles. The number of non-ortho nitro benzene ring substituents is 1. The van der Waals surface area contributed by atoms with Crippen LogP contribution in [0.5, 0.6) is 0 Å². The summed E-state index contributed by atoms with van der Waals surface area (Å²) in [6.07, 6.45) is 0. The summed E-state index contributed by atoms with van der Waals surface area (Å²) < 4.78 is 0. The molecular formula is C17H15N7O4. The Labute approximate surface area is 159 Å². The van der Waals surface area contributed by atoms with E-state index in [9.17, 15) is 20.2 Å². The minimum atomic E-state index is -0.708. The molecule has 11 heteroatoms.